The first kappa shape index (κ1) is 26.6. The highest BCUT2D eigenvalue weighted by atomic mass is 32.1. The molecular formula is C42H27N3S. The predicted molar refractivity (Wildman–Crippen MR) is 193 cm³/mol. The van der Waals surface area contributed by atoms with Crippen molar-refractivity contribution in [2.24, 2.45) is 0 Å². The molecule has 0 amide bonds. The molecule has 9 rings (SSSR count). The van der Waals surface area contributed by atoms with E-state index in [4.69, 9.17) is 10.2 Å². The molecule has 9 aromatic rings. The quantitative estimate of drug-likeness (QED) is 0.195. The zero-order valence-electron chi connectivity index (χ0n) is 24.8. The van der Waals surface area contributed by atoms with Crippen LogP contribution in [0, 0.1) is 0 Å². The van der Waals surface area contributed by atoms with Gasteiger partial charge in [0.1, 0.15) is 0 Å². The minimum atomic E-state index is 0.809. The SMILES string of the molecule is c1ccc(-c2nnc(-c3ccc(-c4cccc5c4sc4ccccc45)cc3)n2-c2ccc(-c3ccc4ccccc4c3)cc2)cc1. The van der Waals surface area contributed by atoms with Gasteiger partial charge >= 0.3 is 0 Å². The van der Waals surface area contributed by atoms with Crippen LogP contribution in [0.1, 0.15) is 0 Å². The molecule has 0 N–H and O–H groups in total. The minimum Gasteiger partial charge on any atom is -0.275 e. The molecule has 2 heterocycles. The lowest BCUT2D eigenvalue weighted by Crippen LogP contribution is -2.00. The van der Waals surface area contributed by atoms with E-state index >= 15 is 0 Å². The Morgan fingerprint density at radius 1 is 0.413 bits per heavy atom. The van der Waals surface area contributed by atoms with E-state index in [-0.39, 0.29) is 0 Å². The van der Waals surface area contributed by atoms with Gasteiger partial charge in [0.2, 0.25) is 0 Å². The number of fused-ring (bicyclic) bond motifs is 4. The standard InChI is InChI=1S/C42H27N3S/c1-2-10-31(11-3-1)41-43-44-42(45(41)35-25-23-29(24-26-35)34-22-17-28-9-4-5-12-33(28)27-34)32-20-18-30(19-21-32)36-14-8-15-38-37-13-6-7-16-39(37)46-40(36)38/h1-27H. The third-order valence-electron chi connectivity index (χ3n) is 8.76. The predicted octanol–water partition coefficient (Wildman–Crippen LogP) is 11.5. The Hall–Kier alpha value is -5.84. The zero-order chi connectivity index (χ0) is 30.5. The Balaban J connectivity index is 1.12. The molecule has 0 fully saturated rings. The summed E-state index contributed by atoms with van der Waals surface area (Å²) in [6.07, 6.45) is 0. The van der Waals surface area contributed by atoms with Crippen LogP contribution in [-0.2, 0) is 0 Å². The van der Waals surface area contributed by atoms with Crippen molar-refractivity contribution < 1.29 is 0 Å². The van der Waals surface area contributed by atoms with Gasteiger partial charge < -0.3 is 0 Å². The van der Waals surface area contributed by atoms with E-state index in [9.17, 15) is 0 Å². The van der Waals surface area contributed by atoms with Crippen molar-refractivity contribution >= 4 is 42.3 Å². The summed E-state index contributed by atoms with van der Waals surface area (Å²) in [7, 11) is 0. The van der Waals surface area contributed by atoms with Gasteiger partial charge in [-0.25, -0.2) is 0 Å². The van der Waals surface area contributed by atoms with E-state index in [0.717, 1.165) is 28.5 Å². The average Bonchev–Trinajstić information content (AvgIpc) is 3.75. The van der Waals surface area contributed by atoms with Crippen molar-refractivity contribution in [2.45, 2.75) is 0 Å². The Kier molecular flexibility index (Phi) is 6.32. The second-order valence-corrected chi connectivity index (χ2v) is 12.6. The summed E-state index contributed by atoms with van der Waals surface area (Å²) in [5.74, 6) is 1.62. The second kappa shape index (κ2) is 11.0. The summed E-state index contributed by atoms with van der Waals surface area (Å²) in [5.41, 5.74) is 7.86. The Bertz CT molecular complexity index is 2510. The van der Waals surface area contributed by atoms with Crippen LogP contribution in [0.15, 0.2) is 164 Å². The molecule has 7 aromatic carbocycles. The lowest BCUT2D eigenvalue weighted by atomic mass is 10.0. The fourth-order valence-corrected chi connectivity index (χ4v) is 7.67. The molecule has 0 saturated carbocycles. The topological polar surface area (TPSA) is 30.7 Å². The first-order valence-corrected chi connectivity index (χ1v) is 16.2. The van der Waals surface area contributed by atoms with Crippen molar-refractivity contribution in [1.29, 1.82) is 0 Å². The van der Waals surface area contributed by atoms with E-state index in [1.807, 2.05) is 29.5 Å². The van der Waals surface area contributed by atoms with Gasteiger partial charge in [-0.15, -0.1) is 21.5 Å². The number of benzene rings is 7. The fraction of sp³-hybridized carbons (Fsp3) is 0. The molecule has 0 aliphatic heterocycles. The molecule has 0 bridgehead atoms. The van der Waals surface area contributed by atoms with Crippen LogP contribution in [0.4, 0.5) is 0 Å². The molecule has 0 aliphatic rings. The van der Waals surface area contributed by atoms with Gasteiger partial charge in [0.05, 0.1) is 0 Å². The number of nitrogens with zero attached hydrogens (tertiary/aromatic N) is 3. The fourth-order valence-electron chi connectivity index (χ4n) is 6.44. The van der Waals surface area contributed by atoms with Crippen LogP contribution in [0.3, 0.4) is 0 Å². The molecule has 0 unspecified atom stereocenters. The lowest BCUT2D eigenvalue weighted by Gasteiger charge is -2.13. The molecule has 216 valence electrons. The first-order chi connectivity index (χ1) is 22.8. The van der Waals surface area contributed by atoms with Crippen LogP contribution in [-0.4, -0.2) is 14.8 Å². The van der Waals surface area contributed by atoms with E-state index in [1.165, 1.54) is 53.2 Å². The normalized spacial score (nSPS) is 11.5. The number of aromatic nitrogens is 3. The summed E-state index contributed by atoms with van der Waals surface area (Å²) in [4.78, 5) is 0. The monoisotopic (exact) mass is 605 g/mol. The number of hydrogen-bond donors (Lipinski definition) is 0. The van der Waals surface area contributed by atoms with Crippen molar-refractivity contribution in [3.63, 3.8) is 0 Å². The molecule has 0 atom stereocenters. The van der Waals surface area contributed by atoms with Gasteiger partial charge in [0.25, 0.3) is 0 Å². The third-order valence-corrected chi connectivity index (χ3v) is 9.98. The van der Waals surface area contributed by atoms with E-state index in [2.05, 4.69) is 150 Å². The van der Waals surface area contributed by atoms with Crippen molar-refractivity contribution in [1.82, 2.24) is 14.8 Å². The number of rotatable bonds is 5. The summed E-state index contributed by atoms with van der Waals surface area (Å²) in [5, 5.41) is 14.6. The second-order valence-electron chi connectivity index (χ2n) is 11.5. The minimum absolute atomic E-state index is 0.809. The molecule has 0 saturated heterocycles. The molecular weight excluding hydrogens is 579 g/mol. The summed E-state index contributed by atoms with van der Waals surface area (Å²) in [6.45, 7) is 0. The molecule has 3 nitrogen and oxygen atoms in total. The average molecular weight is 606 g/mol. The first-order valence-electron chi connectivity index (χ1n) is 15.4. The van der Waals surface area contributed by atoms with Gasteiger partial charge in [-0.2, -0.15) is 0 Å². The molecule has 0 radical (unpaired) electrons. The highest BCUT2D eigenvalue weighted by Gasteiger charge is 2.18. The van der Waals surface area contributed by atoms with Gasteiger partial charge in [-0.1, -0.05) is 140 Å². The third kappa shape index (κ3) is 4.50. The maximum Gasteiger partial charge on any atom is 0.168 e. The van der Waals surface area contributed by atoms with Crippen molar-refractivity contribution in [2.75, 3.05) is 0 Å². The van der Waals surface area contributed by atoms with Gasteiger partial charge in [0.15, 0.2) is 11.6 Å². The number of hydrogen-bond acceptors (Lipinski definition) is 3. The highest BCUT2D eigenvalue weighted by molar-refractivity contribution is 7.26. The van der Waals surface area contributed by atoms with Gasteiger partial charge in [-0.3, -0.25) is 4.57 Å². The van der Waals surface area contributed by atoms with Gasteiger partial charge in [-0.05, 0) is 57.3 Å². The van der Waals surface area contributed by atoms with E-state index < -0.39 is 0 Å². The van der Waals surface area contributed by atoms with Crippen LogP contribution in [0.5, 0.6) is 0 Å². The van der Waals surface area contributed by atoms with Crippen molar-refractivity contribution in [3.8, 4) is 50.7 Å². The van der Waals surface area contributed by atoms with Crippen LogP contribution >= 0.6 is 11.3 Å². The van der Waals surface area contributed by atoms with Crippen molar-refractivity contribution in [3.05, 3.63) is 164 Å². The van der Waals surface area contributed by atoms with E-state index in [0.29, 0.717) is 0 Å². The molecule has 2 aromatic heterocycles. The smallest absolute Gasteiger partial charge is 0.168 e. The zero-order valence-corrected chi connectivity index (χ0v) is 25.7. The Morgan fingerprint density at radius 3 is 1.83 bits per heavy atom. The van der Waals surface area contributed by atoms with Crippen LogP contribution in [0.25, 0.3) is 81.7 Å². The summed E-state index contributed by atoms with van der Waals surface area (Å²) in [6, 6.07) is 58.1. The number of thiophene rings is 1. The van der Waals surface area contributed by atoms with Crippen LogP contribution < -0.4 is 0 Å². The summed E-state index contributed by atoms with van der Waals surface area (Å²) < 4.78 is 4.80. The molecule has 46 heavy (non-hydrogen) atoms. The van der Waals surface area contributed by atoms with Gasteiger partial charge in [0, 0.05) is 37.0 Å². The lowest BCUT2D eigenvalue weighted by molar-refractivity contribution is 1.07. The Labute approximate surface area is 270 Å². The van der Waals surface area contributed by atoms with E-state index in [1.54, 1.807) is 0 Å². The maximum absolute atomic E-state index is 4.75. The van der Waals surface area contributed by atoms with Crippen LogP contribution in [0.2, 0.25) is 0 Å². The largest absolute Gasteiger partial charge is 0.275 e. The molecule has 4 heteroatoms. The molecule has 0 spiro atoms. The maximum atomic E-state index is 4.75. The summed E-state index contributed by atoms with van der Waals surface area (Å²) >= 11 is 1.86. The highest BCUT2D eigenvalue weighted by Crippen LogP contribution is 2.40. The Morgan fingerprint density at radius 2 is 1.02 bits per heavy atom. The molecule has 0 aliphatic carbocycles.